The van der Waals surface area contributed by atoms with E-state index in [0.717, 1.165) is 11.1 Å². The van der Waals surface area contributed by atoms with Crippen molar-refractivity contribution in [1.82, 2.24) is 10.6 Å². The van der Waals surface area contributed by atoms with Gasteiger partial charge in [-0.3, -0.25) is 9.59 Å². The van der Waals surface area contributed by atoms with Crippen LogP contribution < -0.4 is 10.6 Å². The largest absolute Gasteiger partial charge is 0.377 e. The molecule has 0 fully saturated rings. The highest BCUT2D eigenvalue weighted by atomic mass is 16.5. The molecule has 0 bridgehead atoms. The minimum atomic E-state index is -0.172. The topological polar surface area (TPSA) is 85.9 Å². The highest BCUT2D eigenvalue weighted by molar-refractivity contribution is 5.77. The zero-order chi connectivity index (χ0) is 23.3. The molecule has 0 saturated heterocycles. The quantitative estimate of drug-likeness (QED) is 0.464. The molecule has 31 heavy (non-hydrogen) atoms. The fourth-order valence-corrected chi connectivity index (χ4v) is 2.50. The van der Waals surface area contributed by atoms with Crippen LogP contribution >= 0.6 is 0 Å². The highest BCUT2D eigenvalue weighted by Gasteiger charge is 2.15. The van der Waals surface area contributed by atoms with Crippen molar-refractivity contribution in [3.8, 4) is 0 Å². The van der Waals surface area contributed by atoms with Crippen molar-refractivity contribution in [2.75, 3.05) is 33.0 Å². The standard InChI is InChI=1S/C24H40N2O5/c1-23(2,3)15-21(27)25-11-12-29-13-14-30-18-22(28)26-16-19-7-9-20(10-8-19)17-31-24(4,5)6/h7-10H,11-18H2,1-6H3,(H,25,27)(H,26,28). The van der Waals surface area contributed by atoms with E-state index in [0.29, 0.717) is 45.9 Å². The summed E-state index contributed by atoms with van der Waals surface area (Å²) in [6.45, 7) is 14.8. The predicted octanol–water partition coefficient (Wildman–Crippen LogP) is 3.20. The third-order valence-electron chi connectivity index (χ3n) is 4.05. The lowest BCUT2D eigenvalue weighted by Crippen LogP contribution is -2.30. The fourth-order valence-electron chi connectivity index (χ4n) is 2.50. The Labute approximate surface area is 187 Å². The first-order valence-electron chi connectivity index (χ1n) is 10.9. The average molecular weight is 437 g/mol. The van der Waals surface area contributed by atoms with Gasteiger partial charge in [-0.2, -0.15) is 0 Å². The van der Waals surface area contributed by atoms with Gasteiger partial charge in [-0.1, -0.05) is 45.0 Å². The third kappa shape index (κ3) is 15.5. The van der Waals surface area contributed by atoms with E-state index in [-0.39, 0.29) is 29.4 Å². The maximum Gasteiger partial charge on any atom is 0.246 e. The minimum Gasteiger partial charge on any atom is -0.377 e. The van der Waals surface area contributed by atoms with E-state index in [1.807, 2.05) is 65.8 Å². The van der Waals surface area contributed by atoms with E-state index in [4.69, 9.17) is 14.2 Å². The van der Waals surface area contributed by atoms with E-state index in [1.165, 1.54) is 0 Å². The monoisotopic (exact) mass is 436 g/mol. The minimum absolute atomic E-state index is 0.0107. The Bertz CT molecular complexity index is 660. The summed E-state index contributed by atoms with van der Waals surface area (Å²) in [7, 11) is 0. The normalized spacial score (nSPS) is 11.9. The Morgan fingerprint density at radius 2 is 1.42 bits per heavy atom. The Kier molecular flexibility index (Phi) is 11.7. The Hall–Kier alpha value is -1.96. The molecule has 7 heteroatoms. The van der Waals surface area contributed by atoms with Crippen molar-refractivity contribution < 1.29 is 23.8 Å². The van der Waals surface area contributed by atoms with Crippen molar-refractivity contribution in [2.24, 2.45) is 5.41 Å². The van der Waals surface area contributed by atoms with E-state index in [9.17, 15) is 9.59 Å². The predicted molar refractivity (Wildman–Crippen MR) is 122 cm³/mol. The van der Waals surface area contributed by atoms with Crippen LogP contribution in [0.15, 0.2) is 24.3 Å². The molecular formula is C24H40N2O5. The molecule has 7 nitrogen and oxygen atoms in total. The van der Waals surface area contributed by atoms with Crippen LogP contribution in [-0.4, -0.2) is 50.4 Å². The Morgan fingerprint density at radius 1 is 0.806 bits per heavy atom. The lowest BCUT2D eigenvalue weighted by Gasteiger charge is -2.19. The number of nitrogens with one attached hydrogen (secondary N) is 2. The number of hydrogen-bond donors (Lipinski definition) is 2. The van der Waals surface area contributed by atoms with Gasteiger partial charge in [0, 0.05) is 19.5 Å². The molecule has 0 aliphatic heterocycles. The van der Waals surface area contributed by atoms with Crippen LogP contribution in [0.25, 0.3) is 0 Å². The second-order valence-electron chi connectivity index (χ2n) is 9.75. The van der Waals surface area contributed by atoms with Gasteiger partial charge in [-0.05, 0) is 37.3 Å². The van der Waals surface area contributed by atoms with Gasteiger partial charge in [0.15, 0.2) is 0 Å². The first-order chi connectivity index (χ1) is 14.4. The maximum atomic E-state index is 11.9. The summed E-state index contributed by atoms with van der Waals surface area (Å²) in [5.74, 6) is -0.147. The molecule has 1 aromatic carbocycles. The summed E-state index contributed by atoms with van der Waals surface area (Å²) in [6, 6.07) is 7.98. The summed E-state index contributed by atoms with van der Waals surface area (Å²) in [6.07, 6.45) is 0.487. The molecule has 0 atom stereocenters. The van der Waals surface area contributed by atoms with Crippen molar-refractivity contribution in [2.45, 2.75) is 66.7 Å². The first kappa shape index (κ1) is 27.1. The summed E-state index contributed by atoms with van der Waals surface area (Å²) in [5, 5.41) is 5.66. The molecule has 2 amide bonds. The number of hydrogen-bond acceptors (Lipinski definition) is 5. The Balaban J connectivity index is 2.05. The van der Waals surface area contributed by atoms with Gasteiger partial charge in [0.05, 0.1) is 32.0 Å². The molecule has 176 valence electrons. The van der Waals surface area contributed by atoms with Crippen molar-refractivity contribution in [3.63, 3.8) is 0 Å². The van der Waals surface area contributed by atoms with Crippen molar-refractivity contribution in [3.05, 3.63) is 35.4 Å². The molecule has 0 unspecified atom stereocenters. The van der Waals surface area contributed by atoms with Gasteiger partial charge < -0.3 is 24.8 Å². The average Bonchev–Trinajstić information content (AvgIpc) is 2.65. The van der Waals surface area contributed by atoms with Crippen molar-refractivity contribution in [1.29, 1.82) is 0 Å². The Morgan fingerprint density at radius 3 is 2.03 bits per heavy atom. The number of amides is 2. The zero-order valence-electron chi connectivity index (χ0n) is 20.0. The lowest BCUT2D eigenvalue weighted by molar-refractivity contribution is -0.126. The number of carbonyl (C=O) groups excluding carboxylic acids is 2. The molecule has 0 saturated carbocycles. The molecule has 1 rings (SSSR count). The summed E-state index contributed by atoms with van der Waals surface area (Å²) in [5.41, 5.74) is 1.93. The van der Waals surface area contributed by atoms with Crippen LogP contribution in [0.1, 0.15) is 59.1 Å². The third-order valence-corrected chi connectivity index (χ3v) is 4.05. The number of carbonyl (C=O) groups is 2. The molecule has 0 spiro atoms. The van der Waals surface area contributed by atoms with E-state index < -0.39 is 0 Å². The molecule has 1 aromatic rings. The van der Waals surface area contributed by atoms with Crippen LogP contribution in [0.4, 0.5) is 0 Å². The summed E-state index contributed by atoms with van der Waals surface area (Å²) in [4.78, 5) is 23.5. The van der Waals surface area contributed by atoms with Crippen LogP contribution in [0.2, 0.25) is 0 Å². The molecule has 0 radical (unpaired) electrons. The molecule has 0 aliphatic carbocycles. The summed E-state index contributed by atoms with van der Waals surface area (Å²) >= 11 is 0. The van der Waals surface area contributed by atoms with E-state index in [2.05, 4.69) is 10.6 Å². The van der Waals surface area contributed by atoms with Crippen LogP contribution in [0, 0.1) is 5.41 Å². The van der Waals surface area contributed by atoms with Gasteiger partial charge in [0.25, 0.3) is 0 Å². The van der Waals surface area contributed by atoms with Crippen LogP contribution in [0.5, 0.6) is 0 Å². The second-order valence-corrected chi connectivity index (χ2v) is 9.75. The van der Waals surface area contributed by atoms with E-state index in [1.54, 1.807) is 0 Å². The van der Waals surface area contributed by atoms with Crippen LogP contribution in [-0.2, 0) is 37.0 Å². The van der Waals surface area contributed by atoms with Crippen molar-refractivity contribution >= 4 is 11.8 Å². The SMILES string of the molecule is CC(C)(C)CC(=O)NCCOCCOCC(=O)NCc1ccc(COC(C)(C)C)cc1. The fraction of sp³-hybridized carbons (Fsp3) is 0.667. The molecule has 0 aliphatic rings. The smallest absolute Gasteiger partial charge is 0.246 e. The van der Waals surface area contributed by atoms with Gasteiger partial charge in [-0.15, -0.1) is 0 Å². The highest BCUT2D eigenvalue weighted by Crippen LogP contribution is 2.17. The van der Waals surface area contributed by atoms with Gasteiger partial charge in [0.1, 0.15) is 6.61 Å². The molecular weight excluding hydrogens is 396 g/mol. The molecule has 0 aromatic heterocycles. The zero-order valence-corrected chi connectivity index (χ0v) is 20.0. The maximum absolute atomic E-state index is 11.9. The van der Waals surface area contributed by atoms with Crippen LogP contribution in [0.3, 0.4) is 0 Å². The second kappa shape index (κ2) is 13.5. The lowest BCUT2D eigenvalue weighted by atomic mass is 9.92. The number of benzene rings is 1. The molecule has 2 N–H and O–H groups in total. The summed E-state index contributed by atoms with van der Waals surface area (Å²) < 4.78 is 16.5. The van der Waals surface area contributed by atoms with Gasteiger partial charge in [0.2, 0.25) is 11.8 Å². The number of ether oxygens (including phenoxy) is 3. The number of rotatable bonds is 13. The molecule has 0 heterocycles. The van der Waals surface area contributed by atoms with E-state index >= 15 is 0 Å². The van der Waals surface area contributed by atoms with Gasteiger partial charge in [-0.25, -0.2) is 0 Å². The first-order valence-corrected chi connectivity index (χ1v) is 10.9. The van der Waals surface area contributed by atoms with Gasteiger partial charge >= 0.3 is 0 Å².